The number of ether oxygens (including phenoxy) is 1. The highest BCUT2D eigenvalue weighted by Gasteiger charge is 2.44. The van der Waals surface area contributed by atoms with Crippen LogP contribution in [-0.2, 0) is 11.8 Å². The normalized spacial score (nSPS) is 18.0. The molecular weight excluding hydrogens is 382 g/mol. The molecule has 0 aliphatic heterocycles. The van der Waals surface area contributed by atoms with E-state index in [1.54, 1.807) is 4.68 Å². The summed E-state index contributed by atoms with van der Waals surface area (Å²) in [6.45, 7) is 3.66. The molecule has 0 spiro atoms. The maximum absolute atomic E-state index is 12.2. The first-order valence-electron chi connectivity index (χ1n) is 9.75. The van der Waals surface area contributed by atoms with Gasteiger partial charge in [0.1, 0.15) is 17.5 Å². The van der Waals surface area contributed by atoms with Gasteiger partial charge in [0.2, 0.25) is 5.82 Å². The molecule has 0 saturated heterocycles. The number of rotatable bonds is 4. The van der Waals surface area contributed by atoms with E-state index in [1.807, 2.05) is 45.2 Å². The number of aryl methyl sites for hydroxylation is 3. The van der Waals surface area contributed by atoms with Crippen molar-refractivity contribution in [3.05, 3.63) is 59.3 Å². The van der Waals surface area contributed by atoms with E-state index in [9.17, 15) is 4.79 Å². The predicted molar refractivity (Wildman–Crippen MR) is 109 cm³/mol. The maximum atomic E-state index is 12.2. The molecule has 1 unspecified atom stereocenters. The number of carbonyl (C=O) groups is 1. The number of hydrogen-bond acceptors (Lipinski definition) is 7. The molecule has 0 amide bonds. The van der Waals surface area contributed by atoms with Gasteiger partial charge in [0.15, 0.2) is 5.82 Å². The molecule has 3 aromatic heterocycles. The Morgan fingerprint density at radius 3 is 2.60 bits per heavy atom. The SMILES string of the molecule is COC(=O)c1nc(C2C[C@H]2c2nc3ccccc3n2C)cc(-n2nc(C)nc2C)n1. The number of imidazole rings is 1. The fourth-order valence-electron chi connectivity index (χ4n) is 3.97. The lowest BCUT2D eigenvalue weighted by atomic mass is 10.2. The van der Waals surface area contributed by atoms with Gasteiger partial charge in [0.05, 0.1) is 23.8 Å². The smallest absolute Gasteiger partial charge is 0.376 e. The van der Waals surface area contributed by atoms with Gasteiger partial charge in [0, 0.05) is 24.9 Å². The Morgan fingerprint density at radius 1 is 1.10 bits per heavy atom. The second-order valence-electron chi connectivity index (χ2n) is 7.55. The number of fused-ring (bicyclic) bond motifs is 1. The molecule has 0 N–H and O–H groups in total. The molecular formula is C21H21N7O2. The second kappa shape index (κ2) is 6.72. The molecule has 0 bridgehead atoms. The van der Waals surface area contributed by atoms with Crippen LogP contribution >= 0.6 is 0 Å². The van der Waals surface area contributed by atoms with E-state index in [1.165, 1.54) is 7.11 Å². The third-order valence-corrected chi connectivity index (χ3v) is 5.52. The van der Waals surface area contributed by atoms with E-state index in [2.05, 4.69) is 30.7 Å². The molecule has 9 nitrogen and oxygen atoms in total. The lowest BCUT2D eigenvalue weighted by Crippen LogP contribution is -2.13. The molecule has 1 aliphatic rings. The Hall–Kier alpha value is -3.62. The summed E-state index contributed by atoms with van der Waals surface area (Å²) in [4.78, 5) is 30.2. The highest BCUT2D eigenvalue weighted by Crippen LogP contribution is 2.54. The second-order valence-corrected chi connectivity index (χ2v) is 7.55. The van der Waals surface area contributed by atoms with Gasteiger partial charge in [-0.3, -0.25) is 0 Å². The monoisotopic (exact) mass is 403 g/mol. The Kier molecular flexibility index (Phi) is 4.12. The van der Waals surface area contributed by atoms with E-state index < -0.39 is 5.97 Å². The Morgan fingerprint density at radius 2 is 1.90 bits per heavy atom. The zero-order valence-electron chi connectivity index (χ0n) is 17.2. The topological polar surface area (TPSA) is 101 Å². The molecule has 4 aromatic rings. The predicted octanol–water partition coefficient (Wildman–Crippen LogP) is 2.62. The van der Waals surface area contributed by atoms with Crippen molar-refractivity contribution in [2.45, 2.75) is 32.1 Å². The first-order valence-corrected chi connectivity index (χ1v) is 9.75. The molecule has 1 aliphatic carbocycles. The summed E-state index contributed by atoms with van der Waals surface area (Å²) in [6, 6.07) is 9.97. The molecule has 1 saturated carbocycles. The van der Waals surface area contributed by atoms with Crippen molar-refractivity contribution in [3.63, 3.8) is 0 Å². The van der Waals surface area contributed by atoms with Gasteiger partial charge in [-0.25, -0.2) is 24.7 Å². The van der Waals surface area contributed by atoms with Crippen LogP contribution < -0.4 is 0 Å². The zero-order chi connectivity index (χ0) is 21.0. The average molecular weight is 403 g/mol. The molecule has 5 rings (SSSR count). The molecule has 1 aromatic carbocycles. The number of esters is 1. The summed E-state index contributed by atoms with van der Waals surface area (Å²) in [5, 5.41) is 4.39. The van der Waals surface area contributed by atoms with Crippen molar-refractivity contribution >= 4 is 17.0 Å². The van der Waals surface area contributed by atoms with Crippen molar-refractivity contribution in [1.82, 2.24) is 34.3 Å². The van der Waals surface area contributed by atoms with Crippen LogP contribution in [0.1, 0.15) is 52.0 Å². The van der Waals surface area contributed by atoms with Gasteiger partial charge < -0.3 is 9.30 Å². The van der Waals surface area contributed by atoms with Crippen molar-refractivity contribution in [3.8, 4) is 5.82 Å². The molecule has 2 atom stereocenters. The Balaban J connectivity index is 1.55. The summed E-state index contributed by atoms with van der Waals surface area (Å²) < 4.78 is 8.62. The van der Waals surface area contributed by atoms with E-state index in [4.69, 9.17) is 9.72 Å². The number of benzene rings is 1. The molecule has 152 valence electrons. The number of carbonyl (C=O) groups excluding carboxylic acids is 1. The van der Waals surface area contributed by atoms with Crippen LogP contribution in [0.3, 0.4) is 0 Å². The van der Waals surface area contributed by atoms with Crippen molar-refractivity contribution < 1.29 is 9.53 Å². The van der Waals surface area contributed by atoms with Crippen molar-refractivity contribution in [2.24, 2.45) is 7.05 Å². The van der Waals surface area contributed by atoms with Crippen LogP contribution in [0, 0.1) is 13.8 Å². The van der Waals surface area contributed by atoms with E-state index in [-0.39, 0.29) is 17.7 Å². The van der Waals surface area contributed by atoms with Crippen LogP contribution in [0.5, 0.6) is 0 Å². The standard InChI is InChI=1S/C21H21N7O2/c1-11-22-12(2)28(26-11)18-10-16(23-19(25-18)21(29)30-4)13-9-14(13)20-24-15-7-5-6-8-17(15)27(20)3/h5-8,10,13-14H,9H2,1-4H3/t13?,14-/m1/s1. The minimum absolute atomic E-state index is 0.0215. The first kappa shape index (κ1) is 18.4. The van der Waals surface area contributed by atoms with Gasteiger partial charge in [0.25, 0.3) is 0 Å². The molecule has 3 heterocycles. The minimum atomic E-state index is -0.576. The van der Waals surface area contributed by atoms with E-state index in [0.717, 1.165) is 29.0 Å². The maximum Gasteiger partial charge on any atom is 0.376 e. The van der Waals surface area contributed by atoms with Gasteiger partial charge in [-0.1, -0.05) is 12.1 Å². The lowest BCUT2D eigenvalue weighted by molar-refractivity contribution is 0.0586. The fraction of sp³-hybridized carbons (Fsp3) is 0.333. The van der Waals surface area contributed by atoms with Crippen molar-refractivity contribution in [2.75, 3.05) is 7.11 Å². The highest BCUT2D eigenvalue weighted by molar-refractivity contribution is 5.85. The molecule has 1 fully saturated rings. The molecule has 0 radical (unpaired) electrons. The summed E-state index contributed by atoms with van der Waals surface area (Å²) in [5.74, 6) is 2.68. The number of hydrogen-bond donors (Lipinski definition) is 0. The van der Waals surface area contributed by atoms with Crippen LogP contribution in [0.2, 0.25) is 0 Å². The zero-order valence-corrected chi connectivity index (χ0v) is 17.2. The average Bonchev–Trinajstić information content (AvgIpc) is 3.38. The van der Waals surface area contributed by atoms with E-state index >= 15 is 0 Å². The van der Waals surface area contributed by atoms with Crippen LogP contribution in [0.15, 0.2) is 30.3 Å². The minimum Gasteiger partial charge on any atom is -0.463 e. The summed E-state index contributed by atoms with van der Waals surface area (Å²) in [7, 11) is 3.36. The number of para-hydroxylation sites is 2. The van der Waals surface area contributed by atoms with Crippen LogP contribution in [-0.4, -0.2) is 47.4 Å². The Labute approximate surface area is 172 Å². The van der Waals surface area contributed by atoms with Gasteiger partial charge in [-0.15, -0.1) is 5.10 Å². The number of nitrogens with zero attached hydrogens (tertiary/aromatic N) is 7. The largest absolute Gasteiger partial charge is 0.463 e. The van der Waals surface area contributed by atoms with Gasteiger partial charge in [-0.05, 0) is 32.4 Å². The first-order chi connectivity index (χ1) is 14.5. The van der Waals surface area contributed by atoms with Crippen LogP contribution in [0.25, 0.3) is 16.9 Å². The summed E-state index contributed by atoms with van der Waals surface area (Å²) in [5.41, 5.74) is 2.86. The third-order valence-electron chi connectivity index (χ3n) is 5.52. The van der Waals surface area contributed by atoms with Gasteiger partial charge in [-0.2, -0.15) is 4.68 Å². The quantitative estimate of drug-likeness (QED) is 0.483. The molecule has 9 heteroatoms. The van der Waals surface area contributed by atoms with E-state index in [0.29, 0.717) is 17.5 Å². The Bertz CT molecular complexity index is 1290. The lowest BCUT2D eigenvalue weighted by Gasteiger charge is -2.08. The molecule has 30 heavy (non-hydrogen) atoms. The number of methoxy groups -OCH3 is 1. The van der Waals surface area contributed by atoms with Gasteiger partial charge >= 0.3 is 5.97 Å². The van der Waals surface area contributed by atoms with Crippen LogP contribution in [0.4, 0.5) is 0 Å². The highest BCUT2D eigenvalue weighted by atomic mass is 16.5. The summed E-state index contributed by atoms with van der Waals surface area (Å²) >= 11 is 0. The van der Waals surface area contributed by atoms with Crippen molar-refractivity contribution in [1.29, 1.82) is 0 Å². The summed E-state index contributed by atoms with van der Waals surface area (Å²) in [6.07, 6.45) is 0.906. The third kappa shape index (κ3) is 2.94. The number of aromatic nitrogens is 7. The fourth-order valence-corrected chi connectivity index (χ4v) is 3.97.